The molecule has 0 atom stereocenters. The van der Waals surface area contributed by atoms with Crippen LogP contribution in [0.2, 0.25) is 0 Å². The Bertz CT molecular complexity index is 926. The maximum Gasteiger partial charge on any atom is 0.273 e. The molecule has 0 spiro atoms. The highest BCUT2D eigenvalue weighted by Crippen LogP contribution is 2.26. The van der Waals surface area contributed by atoms with E-state index in [0.29, 0.717) is 23.0 Å². The second kappa shape index (κ2) is 7.03. The van der Waals surface area contributed by atoms with Gasteiger partial charge < -0.3 is 13.9 Å². The zero-order chi connectivity index (χ0) is 18.1. The first-order chi connectivity index (χ1) is 12.6. The lowest BCUT2D eigenvalue weighted by molar-refractivity contribution is 0.0775. The molecule has 26 heavy (non-hydrogen) atoms. The summed E-state index contributed by atoms with van der Waals surface area (Å²) in [5, 5.41) is 11.1. The van der Waals surface area contributed by atoms with Crippen molar-refractivity contribution in [1.82, 2.24) is 24.6 Å². The van der Waals surface area contributed by atoms with E-state index in [4.69, 9.17) is 4.42 Å². The summed E-state index contributed by atoms with van der Waals surface area (Å²) in [4.78, 5) is 18.8. The second-order valence-corrected chi connectivity index (χ2v) is 7.46. The molecule has 4 rings (SSSR count). The highest BCUT2D eigenvalue weighted by Gasteiger charge is 2.21. The summed E-state index contributed by atoms with van der Waals surface area (Å²) in [7, 11) is 1.77. The Morgan fingerprint density at radius 3 is 3.00 bits per heavy atom. The van der Waals surface area contributed by atoms with Crippen molar-refractivity contribution in [3.63, 3.8) is 0 Å². The average Bonchev–Trinajstić information content (AvgIpc) is 3.32. The molecular formula is C18H21N5O2S. The predicted octanol–water partition coefficient (Wildman–Crippen LogP) is 3.30. The fourth-order valence-corrected chi connectivity index (χ4v) is 3.93. The molecule has 136 valence electrons. The standard InChI is InChI=1S/C18H21N5O2S/c1-12-7-8-14(25-12)17-19-13(11-26-17)18(24)22(2)10-16-21-20-15-6-4-3-5-9-23(15)16/h7-8,11H,3-6,9-10H2,1-2H3. The van der Waals surface area contributed by atoms with Crippen molar-refractivity contribution in [2.75, 3.05) is 7.05 Å². The first-order valence-corrected chi connectivity index (χ1v) is 9.68. The number of carbonyl (C=O) groups excluding carboxylic acids is 1. The minimum atomic E-state index is -0.123. The van der Waals surface area contributed by atoms with Crippen LogP contribution < -0.4 is 0 Å². The van der Waals surface area contributed by atoms with Crippen molar-refractivity contribution in [2.24, 2.45) is 0 Å². The van der Waals surface area contributed by atoms with Gasteiger partial charge in [0, 0.05) is 25.4 Å². The van der Waals surface area contributed by atoms with Crippen molar-refractivity contribution in [1.29, 1.82) is 0 Å². The van der Waals surface area contributed by atoms with Crippen molar-refractivity contribution in [3.05, 3.63) is 40.6 Å². The van der Waals surface area contributed by atoms with E-state index in [2.05, 4.69) is 19.7 Å². The molecule has 0 N–H and O–H groups in total. The summed E-state index contributed by atoms with van der Waals surface area (Å²) in [6, 6.07) is 3.76. The number of furan rings is 1. The number of thiazole rings is 1. The number of hydrogen-bond donors (Lipinski definition) is 0. The van der Waals surface area contributed by atoms with Gasteiger partial charge in [0.2, 0.25) is 0 Å². The number of nitrogens with zero attached hydrogens (tertiary/aromatic N) is 5. The van der Waals surface area contributed by atoms with Gasteiger partial charge >= 0.3 is 0 Å². The fourth-order valence-electron chi connectivity index (χ4n) is 3.18. The van der Waals surface area contributed by atoms with Gasteiger partial charge in [-0.2, -0.15) is 0 Å². The maximum atomic E-state index is 12.7. The largest absolute Gasteiger partial charge is 0.459 e. The van der Waals surface area contributed by atoms with Crippen LogP contribution in [0.1, 0.15) is 47.2 Å². The number of carbonyl (C=O) groups is 1. The van der Waals surface area contributed by atoms with E-state index in [-0.39, 0.29) is 5.91 Å². The highest BCUT2D eigenvalue weighted by molar-refractivity contribution is 7.13. The molecule has 3 aromatic heterocycles. The number of aromatic nitrogens is 4. The van der Waals surface area contributed by atoms with Gasteiger partial charge in [0.1, 0.15) is 17.3 Å². The fraction of sp³-hybridized carbons (Fsp3) is 0.444. The Balaban J connectivity index is 1.49. The third kappa shape index (κ3) is 3.29. The van der Waals surface area contributed by atoms with Gasteiger partial charge in [0.05, 0.1) is 6.54 Å². The summed E-state index contributed by atoms with van der Waals surface area (Å²) < 4.78 is 7.75. The Kier molecular flexibility index (Phi) is 4.58. The second-order valence-electron chi connectivity index (χ2n) is 6.60. The van der Waals surface area contributed by atoms with E-state index >= 15 is 0 Å². The van der Waals surface area contributed by atoms with Gasteiger partial charge in [-0.05, 0) is 31.9 Å². The molecule has 0 saturated heterocycles. The lowest BCUT2D eigenvalue weighted by Gasteiger charge is -2.16. The van der Waals surface area contributed by atoms with Crippen LogP contribution in [-0.2, 0) is 19.5 Å². The van der Waals surface area contributed by atoms with Crippen LogP contribution in [0.15, 0.2) is 21.9 Å². The monoisotopic (exact) mass is 371 g/mol. The van der Waals surface area contributed by atoms with Gasteiger partial charge in [-0.15, -0.1) is 21.5 Å². The molecule has 0 unspecified atom stereocenters. The van der Waals surface area contributed by atoms with Gasteiger partial charge in [-0.1, -0.05) is 6.42 Å². The molecule has 1 aliphatic rings. The van der Waals surface area contributed by atoms with Crippen molar-refractivity contribution < 1.29 is 9.21 Å². The first kappa shape index (κ1) is 17.0. The van der Waals surface area contributed by atoms with E-state index in [9.17, 15) is 4.79 Å². The lowest BCUT2D eigenvalue weighted by atomic mass is 10.2. The number of amides is 1. The molecule has 3 aromatic rings. The normalized spacial score (nSPS) is 14.1. The Morgan fingerprint density at radius 2 is 2.19 bits per heavy atom. The van der Waals surface area contributed by atoms with Crippen molar-refractivity contribution >= 4 is 17.2 Å². The van der Waals surface area contributed by atoms with Crippen LogP contribution in [0.5, 0.6) is 0 Å². The molecule has 0 saturated carbocycles. The van der Waals surface area contributed by atoms with E-state index in [1.54, 1.807) is 17.3 Å². The minimum absolute atomic E-state index is 0.123. The van der Waals surface area contributed by atoms with Crippen LogP contribution in [0, 0.1) is 6.92 Å². The van der Waals surface area contributed by atoms with Crippen LogP contribution >= 0.6 is 11.3 Å². The SMILES string of the molecule is Cc1ccc(-c2nc(C(=O)N(C)Cc3nnc4n3CCCCC4)cs2)o1. The quantitative estimate of drug-likeness (QED) is 0.703. The lowest BCUT2D eigenvalue weighted by Crippen LogP contribution is -2.28. The number of rotatable bonds is 4. The number of fused-ring (bicyclic) bond motifs is 1. The minimum Gasteiger partial charge on any atom is -0.459 e. The summed E-state index contributed by atoms with van der Waals surface area (Å²) in [6.07, 6.45) is 4.46. The first-order valence-electron chi connectivity index (χ1n) is 8.80. The molecule has 1 aliphatic heterocycles. The molecule has 7 nitrogen and oxygen atoms in total. The Morgan fingerprint density at radius 1 is 1.31 bits per heavy atom. The molecule has 0 fully saturated rings. The smallest absolute Gasteiger partial charge is 0.273 e. The van der Waals surface area contributed by atoms with E-state index in [1.807, 2.05) is 19.1 Å². The summed E-state index contributed by atoms with van der Waals surface area (Å²) in [5.74, 6) is 3.27. The molecule has 0 bridgehead atoms. The summed E-state index contributed by atoms with van der Waals surface area (Å²) >= 11 is 1.41. The van der Waals surface area contributed by atoms with Gasteiger partial charge in [-0.25, -0.2) is 4.98 Å². The molecule has 0 aliphatic carbocycles. The molecular weight excluding hydrogens is 350 g/mol. The van der Waals surface area contributed by atoms with Crippen LogP contribution in [0.4, 0.5) is 0 Å². The highest BCUT2D eigenvalue weighted by atomic mass is 32.1. The van der Waals surface area contributed by atoms with Crippen LogP contribution in [-0.4, -0.2) is 37.6 Å². The van der Waals surface area contributed by atoms with Crippen molar-refractivity contribution in [3.8, 4) is 10.8 Å². The number of aryl methyl sites for hydroxylation is 2. The average molecular weight is 371 g/mol. The Labute approximate surface area is 155 Å². The molecule has 0 aromatic carbocycles. The molecule has 8 heteroatoms. The summed E-state index contributed by atoms with van der Waals surface area (Å²) in [6.45, 7) is 3.25. The van der Waals surface area contributed by atoms with Gasteiger partial charge in [-0.3, -0.25) is 4.79 Å². The zero-order valence-electron chi connectivity index (χ0n) is 14.9. The van der Waals surface area contributed by atoms with Gasteiger partial charge in [0.15, 0.2) is 16.6 Å². The molecule has 0 radical (unpaired) electrons. The number of hydrogen-bond acceptors (Lipinski definition) is 6. The van der Waals surface area contributed by atoms with Crippen LogP contribution in [0.3, 0.4) is 0 Å². The predicted molar refractivity (Wildman–Crippen MR) is 97.9 cm³/mol. The zero-order valence-corrected chi connectivity index (χ0v) is 15.8. The molecule has 4 heterocycles. The molecule has 1 amide bonds. The van der Waals surface area contributed by atoms with Crippen LogP contribution in [0.25, 0.3) is 10.8 Å². The van der Waals surface area contributed by atoms with E-state index in [1.165, 1.54) is 17.8 Å². The van der Waals surface area contributed by atoms with Gasteiger partial charge in [0.25, 0.3) is 5.91 Å². The van der Waals surface area contributed by atoms with Crippen molar-refractivity contribution in [2.45, 2.75) is 45.7 Å². The summed E-state index contributed by atoms with van der Waals surface area (Å²) in [5.41, 5.74) is 0.428. The maximum absolute atomic E-state index is 12.7. The van der Waals surface area contributed by atoms with E-state index in [0.717, 1.165) is 43.2 Å². The third-order valence-corrected chi connectivity index (χ3v) is 5.44. The Hall–Kier alpha value is -2.48. The topological polar surface area (TPSA) is 77.1 Å². The third-order valence-electron chi connectivity index (χ3n) is 4.59. The van der Waals surface area contributed by atoms with E-state index < -0.39 is 0 Å².